The van der Waals surface area contributed by atoms with Crippen LogP contribution in [0.2, 0.25) is 0 Å². The molecule has 3 aliphatic rings. The van der Waals surface area contributed by atoms with Crippen molar-refractivity contribution < 1.29 is 28.9 Å². The highest BCUT2D eigenvalue weighted by Gasteiger charge is 2.36. The van der Waals surface area contributed by atoms with Crippen LogP contribution in [0.5, 0.6) is 0 Å². The first-order valence-corrected chi connectivity index (χ1v) is 15.7. The number of aliphatic hydroxyl groups excluding tert-OH is 1. The minimum absolute atomic E-state index is 0.0157. The lowest BCUT2D eigenvalue weighted by Gasteiger charge is -2.39. The van der Waals surface area contributed by atoms with Crippen LogP contribution in [0.25, 0.3) is 0 Å². The molecule has 3 heterocycles. The van der Waals surface area contributed by atoms with Gasteiger partial charge in [0.15, 0.2) is 6.29 Å². The number of carbonyl (C=O) groups is 2. The normalized spacial score (nSPS) is 24.6. The van der Waals surface area contributed by atoms with Crippen molar-refractivity contribution in [1.29, 1.82) is 0 Å². The molecule has 5 rings (SSSR count). The van der Waals surface area contributed by atoms with Gasteiger partial charge in [-0.25, -0.2) is 4.79 Å². The van der Waals surface area contributed by atoms with Crippen molar-refractivity contribution in [2.24, 2.45) is 0 Å². The van der Waals surface area contributed by atoms with E-state index in [1.54, 1.807) is 6.92 Å². The molecule has 0 aromatic heterocycles. The Morgan fingerprint density at radius 2 is 1.63 bits per heavy atom. The lowest BCUT2D eigenvalue weighted by molar-refractivity contribution is -0.253. The maximum atomic E-state index is 12.1. The van der Waals surface area contributed by atoms with Gasteiger partial charge in [0.1, 0.15) is 6.54 Å². The second kappa shape index (κ2) is 15.6. The van der Waals surface area contributed by atoms with Crippen LogP contribution in [-0.2, 0) is 32.2 Å². The number of carbonyl (C=O) groups excluding carboxylic acids is 2. The predicted octanol–water partition coefficient (Wildman–Crippen LogP) is 3.65. The second-order valence-corrected chi connectivity index (χ2v) is 11.7. The molecule has 4 atom stereocenters. The minimum Gasteiger partial charge on any atom is -0.465 e. The zero-order valence-corrected chi connectivity index (χ0v) is 25.2. The summed E-state index contributed by atoms with van der Waals surface area (Å²) in [6.45, 7) is 7.73. The molecule has 2 aromatic rings. The number of ether oxygens (including phenoxy) is 3. The lowest BCUT2D eigenvalue weighted by Crippen LogP contribution is -2.45. The molecule has 2 amide bonds. The summed E-state index contributed by atoms with van der Waals surface area (Å²) in [5, 5.41) is 14.8. The van der Waals surface area contributed by atoms with Crippen molar-refractivity contribution in [3.8, 4) is 0 Å². The number of rotatable bonds is 12. The Hall–Kier alpha value is -3.02. The number of aliphatic hydroxyl groups is 1. The van der Waals surface area contributed by atoms with E-state index in [4.69, 9.17) is 14.2 Å². The topological polar surface area (TPSA) is 113 Å². The minimum atomic E-state index is -0.518. The van der Waals surface area contributed by atoms with Crippen LogP contribution >= 0.6 is 0 Å². The van der Waals surface area contributed by atoms with E-state index in [2.05, 4.69) is 20.4 Å². The standard InChI is InChI=1S/C33H46N4O6/c1-2-41-31(39)20-35-33(40)34-19-24-7-13-27(14-8-24)32-42-29(18-30(43-32)26-11-9-25(23-38)10-12-26)22-37-17-5-6-28(37)21-36-15-3-4-16-36/h7-14,28-30,32,38H,2-6,15-23H2,1H3,(H2,34,35,40)/t28-,29+,30-,32-/m0/s1. The number of urea groups is 1. The van der Waals surface area contributed by atoms with Gasteiger partial charge < -0.3 is 34.9 Å². The van der Waals surface area contributed by atoms with Gasteiger partial charge in [-0.15, -0.1) is 0 Å². The first-order chi connectivity index (χ1) is 21.0. The van der Waals surface area contributed by atoms with Gasteiger partial charge in [-0.3, -0.25) is 9.69 Å². The van der Waals surface area contributed by atoms with E-state index in [-0.39, 0.29) is 32.0 Å². The van der Waals surface area contributed by atoms with E-state index in [9.17, 15) is 14.7 Å². The summed E-state index contributed by atoms with van der Waals surface area (Å²) < 4.78 is 18.0. The molecule has 0 bridgehead atoms. The van der Waals surface area contributed by atoms with Crippen LogP contribution in [0, 0.1) is 0 Å². The van der Waals surface area contributed by atoms with Gasteiger partial charge in [-0.2, -0.15) is 0 Å². The largest absolute Gasteiger partial charge is 0.465 e. The van der Waals surface area contributed by atoms with Crippen molar-refractivity contribution >= 4 is 12.0 Å². The maximum Gasteiger partial charge on any atom is 0.325 e. The molecule has 3 saturated heterocycles. The highest BCUT2D eigenvalue weighted by molar-refractivity contribution is 5.80. The third-order valence-electron chi connectivity index (χ3n) is 8.62. The highest BCUT2D eigenvalue weighted by atomic mass is 16.7. The van der Waals surface area contributed by atoms with Crippen LogP contribution in [0.4, 0.5) is 4.79 Å². The Morgan fingerprint density at radius 3 is 2.35 bits per heavy atom. The summed E-state index contributed by atoms with van der Waals surface area (Å²) in [5.74, 6) is -0.470. The third-order valence-corrected chi connectivity index (χ3v) is 8.62. The summed E-state index contributed by atoms with van der Waals surface area (Å²) in [5.41, 5.74) is 3.80. The molecule has 2 aromatic carbocycles. The van der Waals surface area contributed by atoms with Crippen LogP contribution in [-0.4, -0.2) is 84.9 Å². The summed E-state index contributed by atoms with van der Waals surface area (Å²) in [6, 6.07) is 16.0. The number of hydrogen-bond donors (Lipinski definition) is 3. The molecule has 234 valence electrons. The fourth-order valence-electron chi connectivity index (χ4n) is 6.30. The zero-order chi connectivity index (χ0) is 30.0. The Balaban J connectivity index is 1.22. The fraction of sp³-hybridized carbons (Fsp3) is 0.576. The number of amides is 2. The van der Waals surface area contributed by atoms with E-state index in [1.807, 2.05) is 48.5 Å². The smallest absolute Gasteiger partial charge is 0.325 e. The number of likely N-dealkylation sites (tertiary alicyclic amines) is 2. The first-order valence-electron chi connectivity index (χ1n) is 15.7. The number of benzene rings is 2. The molecule has 0 spiro atoms. The Bertz CT molecular complexity index is 1170. The van der Waals surface area contributed by atoms with Crippen molar-refractivity contribution in [1.82, 2.24) is 20.4 Å². The Kier molecular flexibility index (Phi) is 11.4. The van der Waals surface area contributed by atoms with Crippen LogP contribution < -0.4 is 10.6 Å². The van der Waals surface area contributed by atoms with E-state index >= 15 is 0 Å². The summed E-state index contributed by atoms with van der Waals surface area (Å²) in [7, 11) is 0. The van der Waals surface area contributed by atoms with E-state index < -0.39 is 18.3 Å². The molecule has 0 radical (unpaired) electrons. The van der Waals surface area contributed by atoms with E-state index in [0.29, 0.717) is 12.6 Å². The van der Waals surface area contributed by atoms with Crippen LogP contribution in [0.15, 0.2) is 48.5 Å². The number of nitrogens with one attached hydrogen (secondary N) is 2. The van der Waals surface area contributed by atoms with Crippen LogP contribution in [0.3, 0.4) is 0 Å². The van der Waals surface area contributed by atoms with Gasteiger partial charge in [-0.05, 0) is 68.9 Å². The maximum absolute atomic E-state index is 12.1. The molecule has 0 aliphatic carbocycles. The quantitative estimate of drug-likeness (QED) is 0.320. The highest BCUT2D eigenvalue weighted by Crippen LogP contribution is 2.39. The van der Waals surface area contributed by atoms with Gasteiger partial charge in [0.05, 0.1) is 25.4 Å². The SMILES string of the molecule is CCOC(=O)CNC(=O)NCc1ccc([C@H]2O[C@@H](CN3CCC[C@H]3CN3CCCC3)C[C@@H](c3ccc(CO)cc3)O2)cc1. The number of esters is 1. The van der Waals surface area contributed by atoms with Gasteiger partial charge in [0.25, 0.3) is 0 Å². The van der Waals surface area contributed by atoms with Crippen molar-refractivity contribution in [2.45, 2.75) is 76.7 Å². The average molecular weight is 595 g/mol. The van der Waals surface area contributed by atoms with Gasteiger partial charge in [0, 0.05) is 37.7 Å². The number of hydrogen-bond acceptors (Lipinski definition) is 8. The van der Waals surface area contributed by atoms with Crippen molar-refractivity contribution in [3.05, 3.63) is 70.8 Å². The molecule has 3 aliphatic heterocycles. The second-order valence-electron chi connectivity index (χ2n) is 11.7. The lowest BCUT2D eigenvalue weighted by atomic mass is 9.99. The summed E-state index contributed by atoms with van der Waals surface area (Å²) in [4.78, 5) is 28.7. The van der Waals surface area contributed by atoms with Crippen LogP contribution in [0.1, 0.15) is 73.7 Å². The molecule has 0 unspecified atom stereocenters. The molecule has 10 heteroatoms. The molecule has 10 nitrogen and oxygen atoms in total. The van der Waals surface area contributed by atoms with E-state index in [0.717, 1.165) is 48.3 Å². The monoisotopic (exact) mass is 594 g/mol. The Morgan fingerprint density at radius 1 is 0.907 bits per heavy atom. The average Bonchev–Trinajstić information content (AvgIpc) is 3.72. The van der Waals surface area contributed by atoms with Gasteiger partial charge in [0.2, 0.25) is 0 Å². The molecule has 43 heavy (non-hydrogen) atoms. The summed E-state index contributed by atoms with van der Waals surface area (Å²) in [6.07, 6.45) is 5.24. The fourth-order valence-corrected chi connectivity index (χ4v) is 6.30. The van der Waals surface area contributed by atoms with Gasteiger partial charge >= 0.3 is 12.0 Å². The molecule has 0 saturated carbocycles. The van der Waals surface area contributed by atoms with Crippen molar-refractivity contribution in [2.75, 3.05) is 45.9 Å². The Labute approximate surface area is 254 Å². The van der Waals surface area contributed by atoms with Crippen molar-refractivity contribution in [3.63, 3.8) is 0 Å². The third kappa shape index (κ3) is 9.00. The molecule has 3 fully saturated rings. The predicted molar refractivity (Wildman–Crippen MR) is 162 cm³/mol. The molecular formula is C33H46N4O6. The molecular weight excluding hydrogens is 548 g/mol. The number of nitrogens with zero attached hydrogens (tertiary/aromatic N) is 2. The van der Waals surface area contributed by atoms with E-state index in [1.165, 1.54) is 38.8 Å². The first kappa shape index (κ1) is 31.4. The zero-order valence-electron chi connectivity index (χ0n) is 25.2. The summed E-state index contributed by atoms with van der Waals surface area (Å²) >= 11 is 0. The molecule has 3 N–H and O–H groups in total. The van der Waals surface area contributed by atoms with Gasteiger partial charge in [-0.1, -0.05) is 48.5 Å².